The van der Waals surface area contributed by atoms with E-state index in [1.54, 1.807) is 6.07 Å². The number of anilines is 1. The first-order chi connectivity index (χ1) is 10.6. The van der Waals surface area contributed by atoms with E-state index in [0.717, 1.165) is 23.1 Å². The lowest BCUT2D eigenvalue weighted by molar-refractivity contribution is 0.733. The topological polar surface area (TPSA) is 42.7 Å². The van der Waals surface area contributed by atoms with Gasteiger partial charge in [0.15, 0.2) is 0 Å². The van der Waals surface area contributed by atoms with Crippen LogP contribution in [0, 0.1) is 6.92 Å². The van der Waals surface area contributed by atoms with Crippen molar-refractivity contribution in [2.45, 2.75) is 13.5 Å². The van der Waals surface area contributed by atoms with E-state index in [-0.39, 0.29) is 0 Å². The van der Waals surface area contributed by atoms with Gasteiger partial charge in [0.25, 0.3) is 0 Å². The summed E-state index contributed by atoms with van der Waals surface area (Å²) in [5.74, 6) is 0.693. The Morgan fingerprint density at radius 1 is 1.14 bits per heavy atom. The van der Waals surface area contributed by atoms with Crippen LogP contribution in [0.1, 0.15) is 5.69 Å². The second kappa shape index (κ2) is 6.32. The van der Waals surface area contributed by atoms with E-state index in [0.29, 0.717) is 27.6 Å². The Morgan fingerprint density at radius 2 is 1.95 bits per heavy atom. The minimum atomic E-state index is 0.412. The number of halogens is 3. The SMILES string of the molecule is Cc1cc2ccc(Cl)c(Cl)c2n1CCNc1cc(Cl)ncn1. The Labute approximate surface area is 143 Å². The van der Waals surface area contributed by atoms with Crippen molar-refractivity contribution >= 4 is 51.5 Å². The normalized spacial score (nSPS) is 11.1. The smallest absolute Gasteiger partial charge is 0.134 e. The van der Waals surface area contributed by atoms with Crippen LogP contribution in [0.2, 0.25) is 15.2 Å². The van der Waals surface area contributed by atoms with Crippen LogP contribution in [-0.2, 0) is 6.54 Å². The fraction of sp³-hybridized carbons (Fsp3) is 0.200. The number of hydrogen-bond acceptors (Lipinski definition) is 3. The average Bonchev–Trinajstić information content (AvgIpc) is 2.80. The Bertz CT molecular complexity index is 829. The number of rotatable bonds is 4. The molecule has 1 aromatic carbocycles. The Balaban J connectivity index is 1.82. The number of nitrogens with zero attached hydrogens (tertiary/aromatic N) is 3. The molecule has 0 saturated carbocycles. The zero-order valence-electron chi connectivity index (χ0n) is 11.8. The molecular formula is C15H13Cl3N4. The molecular weight excluding hydrogens is 343 g/mol. The zero-order chi connectivity index (χ0) is 15.7. The van der Waals surface area contributed by atoms with Gasteiger partial charge < -0.3 is 9.88 Å². The molecule has 0 aliphatic carbocycles. The molecule has 0 radical (unpaired) electrons. The van der Waals surface area contributed by atoms with E-state index < -0.39 is 0 Å². The van der Waals surface area contributed by atoms with E-state index in [1.807, 2.05) is 19.1 Å². The molecule has 0 unspecified atom stereocenters. The summed E-state index contributed by atoms with van der Waals surface area (Å²) >= 11 is 18.3. The molecule has 0 saturated heterocycles. The van der Waals surface area contributed by atoms with Crippen molar-refractivity contribution in [3.8, 4) is 0 Å². The first kappa shape index (κ1) is 15.4. The number of hydrogen-bond donors (Lipinski definition) is 1. The molecule has 0 aliphatic heterocycles. The van der Waals surface area contributed by atoms with Crippen molar-refractivity contribution in [2.24, 2.45) is 0 Å². The summed E-state index contributed by atoms with van der Waals surface area (Å²) < 4.78 is 2.14. The quantitative estimate of drug-likeness (QED) is 0.683. The highest BCUT2D eigenvalue weighted by Gasteiger charge is 2.11. The van der Waals surface area contributed by atoms with Crippen LogP contribution in [-0.4, -0.2) is 21.1 Å². The molecule has 4 nitrogen and oxygen atoms in total. The molecule has 3 aromatic rings. The summed E-state index contributed by atoms with van der Waals surface area (Å²) in [5, 5.41) is 5.85. The van der Waals surface area contributed by atoms with Crippen molar-refractivity contribution < 1.29 is 0 Å². The first-order valence-corrected chi connectivity index (χ1v) is 7.85. The monoisotopic (exact) mass is 354 g/mol. The van der Waals surface area contributed by atoms with Crippen molar-refractivity contribution in [1.82, 2.24) is 14.5 Å². The lowest BCUT2D eigenvalue weighted by atomic mass is 10.2. The molecule has 2 heterocycles. The fourth-order valence-electron chi connectivity index (χ4n) is 2.44. The Hall–Kier alpha value is -1.49. The van der Waals surface area contributed by atoms with Crippen LogP contribution in [0.5, 0.6) is 0 Å². The number of fused-ring (bicyclic) bond motifs is 1. The molecule has 1 N–H and O–H groups in total. The third-order valence-electron chi connectivity index (χ3n) is 3.44. The van der Waals surface area contributed by atoms with Gasteiger partial charge >= 0.3 is 0 Å². The predicted octanol–water partition coefficient (Wildman–Crippen LogP) is 4.81. The van der Waals surface area contributed by atoms with Gasteiger partial charge in [-0.15, -0.1) is 0 Å². The lowest BCUT2D eigenvalue weighted by Crippen LogP contribution is -2.12. The Morgan fingerprint density at radius 3 is 2.73 bits per heavy atom. The van der Waals surface area contributed by atoms with Crippen LogP contribution in [0.4, 0.5) is 5.82 Å². The van der Waals surface area contributed by atoms with Gasteiger partial charge in [0.1, 0.15) is 17.3 Å². The zero-order valence-corrected chi connectivity index (χ0v) is 14.0. The third-order valence-corrected chi connectivity index (χ3v) is 4.44. The van der Waals surface area contributed by atoms with Gasteiger partial charge in [0.05, 0.1) is 15.6 Å². The average molecular weight is 356 g/mol. The summed E-state index contributed by atoms with van der Waals surface area (Å²) in [6.45, 7) is 3.46. The largest absolute Gasteiger partial charge is 0.368 e. The molecule has 0 spiro atoms. The molecule has 3 rings (SSSR count). The van der Waals surface area contributed by atoms with Crippen LogP contribution >= 0.6 is 34.8 Å². The van der Waals surface area contributed by atoms with Crippen molar-refractivity contribution in [2.75, 3.05) is 11.9 Å². The maximum absolute atomic E-state index is 6.35. The molecule has 7 heteroatoms. The summed E-state index contributed by atoms with van der Waals surface area (Å²) in [7, 11) is 0. The van der Waals surface area contributed by atoms with Gasteiger partial charge in [0, 0.05) is 30.2 Å². The van der Waals surface area contributed by atoms with Crippen LogP contribution in [0.3, 0.4) is 0 Å². The minimum Gasteiger partial charge on any atom is -0.368 e. The number of aryl methyl sites for hydroxylation is 1. The van der Waals surface area contributed by atoms with Gasteiger partial charge in [-0.05, 0) is 19.1 Å². The molecule has 0 amide bonds. The third kappa shape index (κ3) is 3.00. The van der Waals surface area contributed by atoms with E-state index in [9.17, 15) is 0 Å². The highest BCUT2D eigenvalue weighted by molar-refractivity contribution is 6.45. The minimum absolute atomic E-state index is 0.412. The highest BCUT2D eigenvalue weighted by Crippen LogP contribution is 2.32. The summed E-state index contributed by atoms with van der Waals surface area (Å²) in [4.78, 5) is 7.96. The number of nitrogens with one attached hydrogen (secondary N) is 1. The molecule has 0 atom stereocenters. The van der Waals surface area contributed by atoms with Gasteiger partial charge in [-0.3, -0.25) is 0 Å². The van der Waals surface area contributed by atoms with Crippen molar-refractivity contribution in [1.29, 1.82) is 0 Å². The van der Waals surface area contributed by atoms with Gasteiger partial charge in [-0.25, -0.2) is 9.97 Å². The van der Waals surface area contributed by atoms with Crippen LogP contribution in [0.25, 0.3) is 10.9 Å². The molecule has 0 aliphatic rings. The van der Waals surface area contributed by atoms with Crippen molar-refractivity contribution in [3.05, 3.63) is 51.5 Å². The summed E-state index contributed by atoms with van der Waals surface area (Å²) in [5.41, 5.74) is 2.08. The van der Waals surface area contributed by atoms with E-state index in [4.69, 9.17) is 34.8 Å². The second-order valence-corrected chi connectivity index (χ2v) is 6.06. The van der Waals surface area contributed by atoms with Gasteiger partial charge in [0.2, 0.25) is 0 Å². The van der Waals surface area contributed by atoms with E-state index in [2.05, 4.69) is 25.9 Å². The molecule has 22 heavy (non-hydrogen) atoms. The van der Waals surface area contributed by atoms with Crippen LogP contribution in [0.15, 0.2) is 30.6 Å². The predicted molar refractivity (Wildman–Crippen MR) is 92.2 cm³/mol. The van der Waals surface area contributed by atoms with Crippen LogP contribution < -0.4 is 5.32 Å². The molecule has 0 bridgehead atoms. The van der Waals surface area contributed by atoms with Crippen molar-refractivity contribution in [3.63, 3.8) is 0 Å². The Kier molecular flexibility index (Phi) is 4.43. The summed E-state index contributed by atoms with van der Waals surface area (Å²) in [6, 6.07) is 7.58. The molecule has 2 aromatic heterocycles. The van der Waals surface area contributed by atoms with E-state index >= 15 is 0 Å². The van der Waals surface area contributed by atoms with Gasteiger partial charge in [-0.2, -0.15) is 0 Å². The first-order valence-electron chi connectivity index (χ1n) is 6.71. The van der Waals surface area contributed by atoms with E-state index in [1.165, 1.54) is 6.33 Å². The fourth-order valence-corrected chi connectivity index (χ4v) is 3.01. The maximum atomic E-state index is 6.35. The second-order valence-electron chi connectivity index (χ2n) is 4.89. The molecule has 114 valence electrons. The van der Waals surface area contributed by atoms with Gasteiger partial charge in [-0.1, -0.05) is 40.9 Å². The lowest BCUT2D eigenvalue weighted by Gasteiger charge is -2.11. The highest BCUT2D eigenvalue weighted by atomic mass is 35.5. The number of aromatic nitrogens is 3. The maximum Gasteiger partial charge on any atom is 0.134 e. The number of benzene rings is 1. The summed E-state index contributed by atoms with van der Waals surface area (Å²) in [6.07, 6.45) is 1.43. The molecule has 0 fully saturated rings. The standard InChI is InChI=1S/C15H13Cl3N4/c1-9-6-10-2-3-11(16)14(18)15(10)22(9)5-4-19-13-7-12(17)20-8-21-13/h2-3,6-8H,4-5H2,1H3,(H,19,20,21).